The normalized spacial score (nSPS) is 12.1. The van der Waals surface area contributed by atoms with Crippen molar-refractivity contribution in [1.29, 1.82) is 0 Å². The van der Waals surface area contributed by atoms with Gasteiger partial charge in [0, 0.05) is 11.8 Å². The second kappa shape index (κ2) is 10.8. The number of phenols is 1. The summed E-state index contributed by atoms with van der Waals surface area (Å²) in [4.78, 5) is 40.0. The Morgan fingerprint density at radius 1 is 0.789 bits per heavy atom. The van der Waals surface area contributed by atoms with E-state index < -0.39 is 74.5 Å². The first kappa shape index (κ1) is 30.9. The number of hydrogen-bond acceptors (Lipinski definition) is 9. The molecule has 2 aromatic carbocycles. The van der Waals surface area contributed by atoms with Crippen molar-refractivity contribution in [2.24, 2.45) is 0 Å². The minimum absolute atomic E-state index is 0.0890. The standard InChI is InChI=1S/C27H33BrFNO8/c1-25(2,3)36-22(32)16-17(23(33)37-26(4,5)6)21(35-15-11-10-13(30)12-14(15)29)20(31)18(19(16)28)24(34)38-27(7,8)9/h10-12,31H,30H2,1-9H3. The van der Waals surface area contributed by atoms with Gasteiger partial charge >= 0.3 is 17.9 Å². The summed E-state index contributed by atoms with van der Waals surface area (Å²) in [6, 6.07) is 3.44. The quantitative estimate of drug-likeness (QED) is 0.224. The first-order chi connectivity index (χ1) is 17.1. The Balaban J connectivity index is 3.01. The number of ether oxygens (including phenoxy) is 4. The van der Waals surface area contributed by atoms with Crippen molar-refractivity contribution in [2.75, 3.05) is 5.73 Å². The van der Waals surface area contributed by atoms with E-state index in [1.807, 2.05) is 0 Å². The topological polar surface area (TPSA) is 134 Å². The number of carbonyl (C=O) groups is 3. The van der Waals surface area contributed by atoms with Crippen LogP contribution in [-0.2, 0) is 14.2 Å². The minimum atomic E-state index is -1.10. The molecule has 0 aliphatic rings. The van der Waals surface area contributed by atoms with Gasteiger partial charge in [0.2, 0.25) is 0 Å². The number of hydrogen-bond donors (Lipinski definition) is 2. The molecule has 0 atom stereocenters. The molecule has 0 unspecified atom stereocenters. The van der Waals surface area contributed by atoms with Gasteiger partial charge in [-0.05, 0) is 90.4 Å². The highest BCUT2D eigenvalue weighted by atomic mass is 79.9. The van der Waals surface area contributed by atoms with Gasteiger partial charge in [-0.3, -0.25) is 0 Å². The van der Waals surface area contributed by atoms with Crippen LogP contribution in [0.25, 0.3) is 0 Å². The SMILES string of the molecule is CC(C)(C)OC(=O)c1c(O)c(Oc2ccc(N)cc2F)c(C(=O)OC(C)(C)C)c(C(=O)OC(C)(C)C)c1Br. The molecule has 0 spiro atoms. The molecule has 38 heavy (non-hydrogen) atoms. The van der Waals surface area contributed by atoms with Crippen molar-refractivity contribution in [2.45, 2.75) is 79.1 Å². The van der Waals surface area contributed by atoms with E-state index in [4.69, 9.17) is 24.7 Å². The average Bonchev–Trinajstić information content (AvgIpc) is 2.67. The molecule has 0 aliphatic heterocycles. The van der Waals surface area contributed by atoms with Crippen LogP contribution in [0.2, 0.25) is 0 Å². The van der Waals surface area contributed by atoms with Gasteiger partial charge in [0.05, 0.1) is 10.0 Å². The van der Waals surface area contributed by atoms with Gasteiger partial charge in [-0.15, -0.1) is 0 Å². The van der Waals surface area contributed by atoms with Gasteiger partial charge in [-0.25, -0.2) is 18.8 Å². The van der Waals surface area contributed by atoms with E-state index >= 15 is 0 Å². The maximum Gasteiger partial charge on any atom is 0.343 e. The van der Waals surface area contributed by atoms with Crippen LogP contribution in [0, 0.1) is 5.82 Å². The molecule has 0 aromatic heterocycles. The molecule has 0 bridgehead atoms. The highest BCUT2D eigenvalue weighted by Gasteiger charge is 2.39. The van der Waals surface area contributed by atoms with Crippen molar-refractivity contribution in [3.05, 3.63) is 45.2 Å². The Morgan fingerprint density at radius 2 is 1.21 bits per heavy atom. The summed E-state index contributed by atoms with van der Waals surface area (Å²) in [6.45, 7) is 14.3. The molecule has 3 N–H and O–H groups in total. The van der Waals surface area contributed by atoms with Crippen LogP contribution in [-0.4, -0.2) is 39.8 Å². The lowest BCUT2D eigenvalue weighted by molar-refractivity contribution is 0.00112. The van der Waals surface area contributed by atoms with Crippen molar-refractivity contribution in [1.82, 2.24) is 0 Å². The zero-order valence-electron chi connectivity index (χ0n) is 22.9. The second-order valence-electron chi connectivity index (χ2n) is 11.4. The second-order valence-corrected chi connectivity index (χ2v) is 12.2. The van der Waals surface area contributed by atoms with Gasteiger partial charge < -0.3 is 29.8 Å². The Kier molecular flexibility index (Phi) is 8.78. The van der Waals surface area contributed by atoms with Crippen molar-refractivity contribution in [3.63, 3.8) is 0 Å². The lowest BCUT2D eigenvalue weighted by Crippen LogP contribution is -2.30. The summed E-state index contributed by atoms with van der Waals surface area (Å²) in [6.07, 6.45) is 0. The molecule has 11 heteroatoms. The molecule has 0 fully saturated rings. The van der Waals surface area contributed by atoms with Gasteiger partial charge in [0.15, 0.2) is 23.1 Å². The third-order valence-electron chi connectivity index (χ3n) is 4.34. The van der Waals surface area contributed by atoms with Crippen LogP contribution >= 0.6 is 15.9 Å². The molecule has 2 aromatic rings. The fourth-order valence-corrected chi connectivity index (χ4v) is 3.76. The molecule has 208 valence electrons. The number of carbonyl (C=O) groups excluding carboxylic acids is 3. The number of aromatic hydroxyl groups is 1. The lowest BCUT2D eigenvalue weighted by Gasteiger charge is -2.26. The summed E-state index contributed by atoms with van der Waals surface area (Å²) in [5.74, 6) is -6.19. The maximum absolute atomic E-state index is 14.7. The van der Waals surface area contributed by atoms with Crippen molar-refractivity contribution < 1.29 is 42.8 Å². The molecule has 2 rings (SSSR count). The van der Waals surface area contributed by atoms with Gasteiger partial charge in [-0.2, -0.15) is 0 Å². The molecule has 0 radical (unpaired) electrons. The number of benzene rings is 2. The van der Waals surface area contributed by atoms with Crippen molar-refractivity contribution in [3.8, 4) is 17.2 Å². The number of anilines is 1. The van der Waals surface area contributed by atoms with Crippen LogP contribution in [0.4, 0.5) is 10.1 Å². The Labute approximate surface area is 229 Å². The van der Waals surface area contributed by atoms with E-state index in [0.29, 0.717) is 0 Å². The van der Waals surface area contributed by atoms with Crippen LogP contribution in [0.3, 0.4) is 0 Å². The van der Waals surface area contributed by atoms with Gasteiger partial charge in [0.1, 0.15) is 27.9 Å². The summed E-state index contributed by atoms with van der Waals surface area (Å²) in [5, 5.41) is 11.2. The smallest absolute Gasteiger partial charge is 0.343 e. The third-order valence-corrected chi connectivity index (χ3v) is 5.14. The summed E-state index contributed by atoms with van der Waals surface area (Å²) < 4.78 is 36.4. The number of phenolic OH excluding ortho intramolecular Hbond substituents is 1. The first-order valence-electron chi connectivity index (χ1n) is 11.6. The van der Waals surface area contributed by atoms with E-state index in [2.05, 4.69) is 15.9 Å². The molecular weight excluding hydrogens is 565 g/mol. The summed E-state index contributed by atoms with van der Waals surface area (Å²) in [5.41, 5.74) is 1.02. The summed E-state index contributed by atoms with van der Waals surface area (Å²) >= 11 is 3.18. The highest BCUT2D eigenvalue weighted by Crippen LogP contribution is 2.46. The Hall–Kier alpha value is -3.34. The molecule has 0 amide bonds. The van der Waals surface area contributed by atoms with Crippen molar-refractivity contribution >= 4 is 39.5 Å². The van der Waals surface area contributed by atoms with E-state index in [0.717, 1.165) is 12.1 Å². The third kappa shape index (κ3) is 7.83. The molecule has 0 aliphatic carbocycles. The molecule has 0 saturated heterocycles. The fraction of sp³-hybridized carbons (Fsp3) is 0.444. The lowest BCUT2D eigenvalue weighted by atomic mass is 9.99. The Morgan fingerprint density at radius 3 is 1.63 bits per heavy atom. The number of halogens is 2. The zero-order valence-corrected chi connectivity index (χ0v) is 24.5. The zero-order chi connectivity index (χ0) is 29.4. The molecule has 0 heterocycles. The molecule has 0 saturated carbocycles. The van der Waals surface area contributed by atoms with Crippen LogP contribution in [0.15, 0.2) is 22.7 Å². The predicted octanol–water partition coefficient (Wildman–Crippen LogP) is 6.53. The highest BCUT2D eigenvalue weighted by molar-refractivity contribution is 9.10. The molecular formula is C27H33BrFNO8. The van der Waals surface area contributed by atoms with Crippen LogP contribution in [0.1, 0.15) is 93.4 Å². The van der Waals surface area contributed by atoms with Gasteiger partial charge in [0.25, 0.3) is 0 Å². The minimum Gasteiger partial charge on any atom is -0.504 e. The van der Waals surface area contributed by atoms with Crippen LogP contribution < -0.4 is 10.5 Å². The Bertz CT molecular complexity index is 1270. The first-order valence-corrected chi connectivity index (χ1v) is 12.4. The molecule has 9 nitrogen and oxygen atoms in total. The van der Waals surface area contributed by atoms with Crippen LogP contribution in [0.5, 0.6) is 17.2 Å². The van der Waals surface area contributed by atoms with E-state index in [-0.39, 0.29) is 10.2 Å². The average molecular weight is 598 g/mol. The fourth-order valence-electron chi connectivity index (χ4n) is 3.05. The van der Waals surface area contributed by atoms with E-state index in [1.54, 1.807) is 62.3 Å². The summed E-state index contributed by atoms with van der Waals surface area (Å²) in [7, 11) is 0. The largest absolute Gasteiger partial charge is 0.504 e. The number of esters is 3. The number of nitrogen functional groups attached to an aromatic ring is 1. The van der Waals surface area contributed by atoms with E-state index in [1.165, 1.54) is 6.07 Å². The van der Waals surface area contributed by atoms with E-state index in [9.17, 15) is 23.9 Å². The maximum atomic E-state index is 14.7. The number of nitrogens with two attached hydrogens (primary N) is 1. The number of rotatable bonds is 5. The monoisotopic (exact) mass is 597 g/mol. The predicted molar refractivity (Wildman–Crippen MR) is 142 cm³/mol. The van der Waals surface area contributed by atoms with Gasteiger partial charge in [-0.1, -0.05) is 0 Å².